The highest BCUT2D eigenvalue weighted by molar-refractivity contribution is 7.26. The SMILES string of the molecule is O=C(NCc1ccco1)c1ccc(-c2nc3ccccc3s2)s1. The predicted molar refractivity (Wildman–Crippen MR) is 92.8 cm³/mol. The molecule has 0 aliphatic rings. The lowest BCUT2D eigenvalue weighted by atomic mass is 10.3. The summed E-state index contributed by atoms with van der Waals surface area (Å²) in [5, 5.41) is 3.80. The van der Waals surface area contributed by atoms with E-state index < -0.39 is 0 Å². The average Bonchev–Trinajstić information content (AvgIpc) is 3.31. The maximum Gasteiger partial charge on any atom is 0.261 e. The van der Waals surface area contributed by atoms with E-state index in [0.29, 0.717) is 11.4 Å². The van der Waals surface area contributed by atoms with Crippen LogP contribution in [0.25, 0.3) is 20.1 Å². The van der Waals surface area contributed by atoms with Crippen LogP contribution in [-0.4, -0.2) is 10.9 Å². The van der Waals surface area contributed by atoms with E-state index in [2.05, 4.69) is 16.4 Å². The van der Waals surface area contributed by atoms with Gasteiger partial charge in [0.1, 0.15) is 10.8 Å². The Hall–Kier alpha value is -2.44. The fourth-order valence-electron chi connectivity index (χ4n) is 2.22. The normalized spacial score (nSPS) is 11.0. The van der Waals surface area contributed by atoms with Crippen molar-refractivity contribution in [1.82, 2.24) is 10.3 Å². The van der Waals surface area contributed by atoms with Gasteiger partial charge in [0.2, 0.25) is 0 Å². The Morgan fingerprint density at radius 1 is 1.09 bits per heavy atom. The molecule has 114 valence electrons. The van der Waals surface area contributed by atoms with E-state index in [9.17, 15) is 4.79 Å². The van der Waals surface area contributed by atoms with Gasteiger partial charge >= 0.3 is 0 Å². The van der Waals surface area contributed by atoms with Crippen LogP contribution in [0.4, 0.5) is 0 Å². The van der Waals surface area contributed by atoms with E-state index >= 15 is 0 Å². The second-order valence-corrected chi connectivity index (χ2v) is 7.03. The number of aromatic nitrogens is 1. The van der Waals surface area contributed by atoms with Crippen molar-refractivity contribution < 1.29 is 9.21 Å². The maximum atomic E-state index is 12.2. The molecule has 1 amide bonds. The smallest absolute Gasteiger partial charge is 0.261 e. The standard InChI is InChI=1S/C17H12N2O2S2/c20-16(18-10-11-4-3-9-21-11)14-7-8-15(22-14)17-19-12-5-1-2-6-13(12)23-17/h1-9H,10H2,(H,18,20). The summed E-state index contributed by atoms with van der Waals surface area (Å²) in [7, 11) is 0. The summed E-state index contributed by atoms with van der Waals surface area (Å²) in [6.07, 6.45) is 1.60. The number of hydrogen-bond acceptors (Lipinski definition) is 5. The van der Waals surface area contributed by atoms with Gasteiger partial charge in [0, 0.05) is 0 Å². The molecule has 1 aromatic carbocycles. The number of benzene rings is 1. The first-order valence-electron chi connectivity index (χ1n) is 7.06. The van der Waals surface area contributed by atoms with Gasteiger partial charge in [-0.1, -0.05) is 12.1 Å². The van der Waals surface area contributed by atoms with Crippen LogP contribution >= 0.6 is 22.7 Å². The molecule has 4 rings (SSSR count). The van der Waals surface area contributed by atoms with Crippen molar-refractivity contribution in [1.29, 1.82) is 0 Å². The molecule has 3 heterocycles. The summed E-state index contributed by atoms with van der Waals surface area (Å²) in [6.45, 7) is 0.389. The number of carbonyl (C=O) groups is 1. The van der Waals surface area contributed by atoms with Crippen molar-refractivity contribution in [2.45, 2.75) is 6.54 Å². The molecule has 4 aromatic rings. The molecule has 0 radical (unpaired) electrons. The first kappa shape index (κ1) is 14.2. The van der Waals surface area contributed by atoms with Crippen molar-refractivity contribution >= 4 is 38.8 Å². The number of thiazole rings is 1. The van der Waals surface area contributed by atoms with E-state index in [1.54, 1.807) is 23.7 Å². The number of amides is 1. The van der Waals surface area contributed by atoms with Crippen LogP contribution < -0.4 is 5.32 Å². The molecule has 0 saturated carbocycles. The highest BCUT2D eigenvalue weighted by Gasteiger charge is 2.13. The van der Waals surface area contributed by atoms with E-state index in [4.69, 9.17) is 4.42 Å². The molecule has 23 heavy (non-hydrogen) atoms. The molecule has 3 aromatic heterocycles. The second-order valence-electron chi connectivity index (χ2n) is 4.91. The minimum Gasteiger partial charge on any atom is -0.467 e. The summed E-state index contributed by atoms with van der Waals surface area (Å²) < 4.78 is 6.36. The van der Waals surface area contributed by atoms with Gasteiger partial charge in [0.25, 0.3) is 5.91 Å². The Balaban J connectivity index is 1.52. The van der Waals surface area contributed by atoms with Gasteiger partial charge in [-0.05, 0) is 36.4 Å². The Labute approximate surface area is 140 Å². The highest BCUT2D eigenvalue weighted by Crippen LogP contribution is 2.34. The lowest BCUT2D eigenvalue weighted by Gasteiger charge is -2.00. The molecule has 1 N–H and O–H groups in total. The van der Waals surface area contributed by atoms with Crippen molar-refractivity contribution in [3.8, 4) is 9.88 Å². The lowest BCUT2D eigenvalue weighted by molar-refractivity contribution is 0.0952. The van der Waals surface area contributed by atoms with Gasteiger partial charge in [-0.3, -0.25) is 4.79 Å². The van der Waals surface area contributed by atoms with Gasteiger partial charge in [-0.2, -0.15) is 0 Å². The van der Waals surface area contributed by atoms with Gasteiger partial charge in [-0.15, -0.1) is 22.7 Å². The number of para-hydroxylation sites is 1. The van der Waals surface area contributed by atoms with Crippen LogP contribution in [0, 0.1) is 0 Å². The zero-order valence-corrected chi connectivity index (χ0v) is 13.6. The number of rotatable bonds is 4. The molecule has 0 aliphatic carbocycles. The Bertz CT molecular complexity index is 921. The van der Waals surface area contributed by atoms with Gasteiger partial charge in [0.15, 0.2) is 0 Å². The summed E-state index contributed by atoms with van der Waals surface area (Å²) >= 11 is 3.09. The highest BCUT2D eigenvalue weighted by atomic mass is 32.1. The molecule has 0 atom stereocenters. The summed E-state index contributed by atoms with van der Waals surface area (Å²) in [4.78, 5) is 18.5. The lowest BCUT2D eigenvalue weighted by Crippen LogP contribution is -2.21. The van der Waals surface area contributed by atoms with Crippen molar-refractivity contribution in [2.75, 3.05) is 0 Å². The number of carbonyl (C=O) groups excluding carboxylic acids is 1. The minimum atomic E-state index is -0.0984. The third-order valence-electron chi connectivity index (χ3n) is 3.34. The van der Waals surface area contributed by atoms with Gasteiger partial charge in [0.05, 0.1) is 32.8 Å². The molecule has 4 nitrogen and oxygen atoms in total. The Morgan fingerprint density at radius 3 is 2.83 bits per heavy atom. The fraction of sp³-hybridized carbons (Fsp3) is 0.0588. The number of nitrogens with one attached hydrogen (secondary N) is 1. The number of furan rings is 1. The van der Waals surface area contributed by atoms with Gasteiger partial charge in [-0.25, -0.2) is 4.98 Å². The minimum absolute atomic E-state index is 0.0984. The van der Waals surface area contributed by atoms with Crippen LogP contribution in [0.5, 0.6) is 0 Å². The fourth-order valence-corrected chi connectivity index (χ4v) is 4.16. The first-order valence-corrected chi connectivity index (χ1v) is 8.69. The number of thiophene rings is 1. The molecule has 0 aliphatic heterocycles. The second kappa shape index (κ2) is 5.98. The van der Waals surface area contributed by atoms with Crippen LogP contribution in [0.1, 0.15) is 15.4 Å². The topological polar surface area (TPSA) is 55.1 Å². The summed E-state index contributed by atoms with van der Waals surface area (Å²) in [5.74, 6) is 0.639. The van der Waals surface area contributed by atoms with Gasteiger partial charge < -0.3 is 9.73 Å². The van der Waals surface area contributed by atoms with E-state index in [0.717, 1.165) is 25.9 Å². The number of hydrogen-bond donors (Lipinski definition) is 1. The quantitative estimate of drug-likeness (QED) is 0.593. The number of fused-ring (bicyclic) bond motifs is 1. The monoisotopic (exact) mass is 340 g/mol. The van der Waals surface area contributed by atoms with Crippen LogP contribution in [0.2, 0.25) is 0 Å². The maximum absolute atomic E-state index is 12.2. The predicted octanol–water partition coefficient (Wildman–Crippen LogP) is 4.55. The zero-order valence-electron chi connectivity index (χ0n) is 12.0. The van der Waals surface area contributed by atoms with Crippen molar-refractivity contribution in [2.24, 2.45) is 0 Å². The molecule has 0 spiro atoms. The average molecular weight is 340 g/mol. The molecule has 0 unspecified atom stereocenters. The third kappa shape index (κ3) is 2.91. The molecule has 0 bridgehead atoms. The molecular weight excluding hydrogens is 328 g/mol. The van der Waals surface area contributed by atoms with Crippen molar-refractivity contribution in [3.63, 3.8) is 0 Å². The van der Waals surface area contributed by atoms with E-state index in [1.165, 1.54) is 11.3 Å². The largest absolute Gasteiger partial charge is 0.467 e. The van der Waals surface area contributed by atoms with Crippen LogP contribution in [-0.2, 0) is 6.54 Å². The van der Waals surface area contributed by atoms with E-state index in [1.807, 2.05) is 36.4 Å². The van der Waals surface area contributed by atoms with E-state index in [-0.39, 0.29) is 5.91 Å². The molecule has 0 saturated heterocycles. The van der Waals surface area contributed by atoms with Crippen LogP contribution in [0.15, 0.2) is 59.2 Å². The Kier molecular flexibility index (Phi) is 3.69. The first-order chi connectivity index (χ1) is 11.3. The van der Waals surface area contributed by atoms with Crippen LogP contribution in [0.3, 0.4) is 0 Å². The summed E-state index contributed by atoms with van der Waals surface area (Å²) in [5.41, 5.74) is 0.990. The molecular formula is C17H12N2O2S2. The summed E-state index contributed by atoms with van der Waals surface area (Å²) in [6, 6.07) is 15.5. The Morgan fingerprint density at radius 2 is 2.00 bits per heavy atom. The third-order valence-corrected chi connectivity index (χ3v) is 5.63. The number of nitrogens with zero attached hydrogens (tertiary/aromatic N) is 1. The zero-order chi connectivity index (χ0) is 15.6. The molecule has 0 fully saturated rings. The van der Waals surface area contributed by atoms with Crippen molar-refractivity contribution in [3.05, 3.63) is 65.4 Å². The molecule has 6 heteroatoms.